The molecular weight excluding hydrogens is 483 g/mol. The van der Waals surface area contributed by atoms with Gasteiger partial charge in [0.25, 0.3) is 0 Å². The van der Waals surface area contributed by atoms with Crippen molar-refractivity contribution in [1.29, 1.82) is 0 Å². The Morgan fingerprint density at radius 3 is 2.11 bits per heavy atom. The van der Waals surface area contributed by atoms with Crippen LogP contribution in [-0.2, 0) is 32.2 Å². The fourth-order valence-corrected chi connectivity index (χ4v) is 5.39. The Hall–Kier alpha value is -2.92. The van der Waals surface area contributed by atoms with Crippen LogP contribution in [0.2, 0.25) is 0 Å². The van der Waals surface area contributed by atoms with E-state index in [9.17, 15) is 31.2 Å². The lowest BCUT2D eigenvalue weighted by molar-refractivity contribution is -0.137. The van der Waals surface area contributed by atoms with E-state index < -0.39 is 27.8 Å². The normalized spacial score (nSPS) is 16.5. The summed E-state index contributed by atoms with van der Waals surface area (Å²) in [5.41, 5.74) is 1.05. The minimum atomic E-state index is -4.55. The first-order valence-corrected chi connectivity index (χ1v) is 12.6. The van der Waals surface area contributed by atoms with Crippen LogP contribution in [0, 0.1) is 6.92 Å². The average molecular weight is 512 g/mol. The molecule has 1 aliphatic heterocycles. The number of aryl methyl sites for hydroxylation is 1. The molecule has 1 saturated heterocycles. The van der Waals surface area contributed by atoms with Gasteiger partial charge < -0.3 is 10.6 Å². The second kappa shape index (κ2) is 10.8. The van der Waals surface area contributed by atoms with Gasteiger partial charge in [0.05, 0.1) is 10.5 Å². The van der Waals surface area contributed by atoms with Gasteiger partial charge in [0, 0.05) is 32.5 Å². The molecule has 2 N–H and O–H groups in total. The monoisotopic (exact) mass is 511 g/mol. The summed E-state index contributed by atoms with van der Waals surface area (Å²) in [6, 6.07) is 9.95. The summed E-state index contributed by atoms with van der Waals surface area (Å²) >= 11 is 0. The number of alkyl halides is 3. The number of hydrogen-bond acceptors (Lipinski definition) is 4. The summed E-state index contributed by atoms with van der Waals surface area (Å²) in [6.07, 6.45) is -3.56. The Bertz CT molecular complexity index is 1140. The highest BCUT2D eigenvalue weighted by atomic mass is 32.2. The van der Waals surface area contributed by atoms with Gasteiger partial charge in [-0.1, -0.05) is 29.8 Å². The van der Waals surface area contributed by atoms with Crippen molar-refractivity contribution in [2.24, 2.45) is 0 Å². The largest absolute Gasteiger partial charge is 0.416 e. The Kier molecular flexibility index (Phi) is 8.22. The van der Waals surface area contributed by atoms with Gasteiger partial charge in [0.15, 0.2) is 0 Å². The van der Waals surface area contributed by atoms with Crippen LogP contribution >= 0.6 is 0 Å². The second-order valence-electron chi connectivity index (χ2n) is 8.65. The third kappa shape index (κ3) is 7.04. The van der Waals surface area contributed by atoms with Crippen molar-refractivity contribution in [3.05, 3.63) is 65.2 Å². The topological polar surface area (TPSA) is 95.6 Å². The first-order valence-electron chi connectivity index (χ1n) is 11.2. The molecule has 3 rings (SSSR count). The third-order valence-corrected chi connectivity index (χ3v) is 7.79. The predicted octanol–water partition coefficient (Wildman–Crippen LogP) is 3.03. The molecule has 1 heterocycles. The van der Waals surface area contributed by atoms with Crippen molar-refractivity contribution >= 4 is 21.8 Å². The van der Waals surface area contributed by atoms with Crippen LogP contribution in [-0.4, -0.2) is 49.7 Å². The summed E-state index contributed by atoms with van der Waals surface area (Å²) in [5.74, 6) is -0.695. The number of carbonyl (C=O) groups excluding carboxylic acids is 2. The Morgan fingerprint density at radius 1 is 1.03 bits per heavy atom. The van der Waals surface area contributed by atoms with Crippen molar-refractivity contribution in [1.82, 2.24) is 14.9 Å². The predicted molar refractivity (Wildman–Crippen MR) is 124 cm³/mol. The zero-order valence-corrected chi connectivity index (χ0v) is 20.2. The van der Waals surface area contributed by atoms with Gasteiger partial charge in [-0.05, 0) is 49.6 Å². The summed E-state index contributed by atoms with van der Waals surface area (Å²) < 4.78 is 65.2. The molecule has 1 aliphatic rings. The van der Waals surface area contributed by atoms with Gasteiger partial charge in [0.1, 0.15) is 6.04 Å². The van der Waals surface area contributed by atoms with Crippen LogP contribution in [0.25, 0.3) is 0 Å². The number of rotatable bonds is 7. The lowest BCUT2D eigenvalue weighted by atomic mass is 10.0. The highest BCUT2D eigenvalue weighted by Gasteiger charge is 2.33. The van der Waals surface area contributed by atoms with Crippen molar-refractivity contribution in [2.45, 2.75) is 56.3 Å². The molecule has 2 aromatic carbocycles. The maximum atomic E-state index is 12.9. The number of sulfonamides is 1. The Morgan fingerprint density at radius 2 is 1.60 bits per heavy atom. The Labute approximate surface area is 202 Å². The zero-order chi connectivity index (χ0) is 25.8. The minimum Gasteiger partial charge on any atom is -0.351 e. The maximum Gasteiger partial charge on any atom is 0.416 e. The number of halogens is 3. The summed E-state index contributed by atoms with van der Waals surface area (Å²) in [6.45, 7) is 3.50. The van der Waals surface area contributed by atoms with Crippen molar-refractivity contribution in [2.75, 3.05) is 13.1 Å². The first kappa shape index (κ1) is 26.7. The number of nitrogens with zero attached hydrogens (tertiary/aromatic N) is 1. The van der Waals surface area contributed by atoms with Crippen LogP contribution in [0.4, 0.5) is 13.2 Å². The molecule has 0 spiro atoms. The molecule has 2 aromatic rings. The number of amides is 2. The van der Waals surface area contributed by atoms with Crippen LogP contribution in [0.15, 0.2) is 53.4 Å². The molecule has 2 amide bonds. The molecule has 0 aromatic heterocycles. The minimum absolute atomic E-state index is 0.108. The lowest BCUT2D eigenvalue weighted by Crippen LogP contribution is -2.53. The summed E-state index contributed by atoms with van der Waals surface area (Å²) in [7, 11) is -3.96. The van der Waals surface area contributed by atoms with Crippen LogP contribution < -0.4 is 10.6 Å². The molecule has 11 heteroatoms. The van der Waals surface area contributed by atoms with Crippen molar-refractivity contribution in [3.63, 3.8) is 0 Å². The van der Waals surface area contributed by atoms with Crippen LogP contribution in [0.3, 0.4) is 0 Å². The van der Waals surface area contributed by atoms with Gasteiger partial charge in [0.2, 0.25) is 21.8 Å². The van der Waals surface area contributed by atoms with E-state index in [4.69, 9.17) is 0 Å². The van der Waals surface area contributed by atoms with Crippen molar-refractivity contribution < 1.29 is 31.2 Å². The highest BCUT2D eigenvalue weighted by molar-refractivity contribution is 7.89. The number of benzene rings is 2. The first-order chi connectivity index (χ1) is 16.4. The summed E-state index contributed by atoms with van der Waals surface area (Å²) in [4.78, 5) is 24.3. The number of nitrogens with one attached hydrogen (secondary N) is 2. The second-order valence-corrected chi connectivity index (χ2v) is 10.6. The molecule has 190 valence electrons. The van der Waals surface area contributed by atoms with E-state index in [-0.39, 0.29) is 35.8 Å². The Balaban J connectivity index is 1.60. The number of piperidine rings is 1. The molecule has 35 heavy (non-hydrogen) atoms. The van der Waals surface area contributed by atoms with Gasteiger partial charge in [-0.25, -0.2) is 8.42 Å². The van der Waals surface area contributed by atoms with Crippen LogP contribution in [0.5, 0.6) is 0 Å². The molecule has 1 atom stereocenters. The molecule has 0 radical (unpaired) electrons. The van der Waals surface area contributed by atoms with E-state index >= 15 is 0 Å². The SMILES string of the molecule is CC(=O)N[C@@H](Cc1ccc(C)cc1)C(=O)NC1CCN(S(=O)(=O)c2ccc(C(F)(F)F)cc2)CC1. The van der Waals surface area contributed by atoms with E-state index in [1.807, 2.05) is 31.2 Å². The number of carbonyl (C=O) groups is 2. The molecule has 1 fully saturated rings. The van der Waals surface area contributed by atoms with Crippen molar-refractivity contribution in [3.8, 4) is 0 Å². The number of hydrogen-bond donors (Lipinski definition) is 2. The van der Waals surface area contributed by atoms with E-state index in [0.29, 0.717) is 19.3 Å². The quantitative estimate of drug-likeness (QED) is 0.598. The molecule has 0 aliphatic carbocycles. The van der Waals surface area contributed by atoms with Crippen LogP contribution in [0.1, 0.15) is 36.5 Å². The standard InChI is InChI=1S/C24H28F3N3O4S/c1-16-3-5-18(6-4-16)15-22(28-17(2)31)23(32)29-20-11-13-30(14-12-20)35(33,34)21-9-7-19(8-10-21)24(25,26)27/h3-10,20,22H,11-15H2,1-2H3,(H,28,31)(H,29,32)/t22-/m0/s1. The molecule has 0 bridgehead atoms. The van der Waals surface area contributed by atoms with Gasteiger partial charge >= 0.3 is 6.18 Å². The highest BCUT2D eigenvalue weighted by Crippen LogP contribution is 2.30. The third-order valence-electron chi connectivity index (χ3n) is 5.87. The zero-order valence-electron chi connectivity index (χ0n) is 19.4. The van der Waals surface area contributed by atoms with Gasteiger partial charge in [-0.15, -0.1) is 0 Å². The smallest absolute Gasteiger partial charge is 0.351 e. The van der Waals surface area contributed by atoms with E-state index in [2.05, 4.69) is 10.6 Å². The van der Waals surface area contributed by atoms with E-state index in [1.165, 1.54) is 11.2 Å². The van der Waals surface area contributed by atoms with E-state index in [0.717, 1.165) is 35.4 Å². The molecule has 7 nitrogen and oxygen atoms in total. The van der Waals surface area contributed by atoms with E-state index in [1.54, 1.807) is 0 Å². The molecule has 0 saturated carbocycles. The van der Waals surface area contributed by atoms with Gasteiger partial charge in [-0.2, -0.15) is 17.5 Å². The molecular formula is C24H28F3N3O4S. The average Bonchev–Trinajstić information content (AvgIpc) is 2.79. The maximum absolute atomic E-state index is 12.9. The molecule has 0 unspecified atom stereocenters. The van der Waals surface area contributed by atoms with Gasteiger partial charge in [-0.3, -0.25) is 9.59 Å². The summed E-state index contributed by atoms with van der Waals surface area (Å²) in [5, 5.41) is 5.56. The fraction of sp³-hybridized carbons (Fsp3) is 0.417. The fourth-order valence-electron chi connectivity index (χ4n) is 3.92. The lowest BCUT2D eigenvalue weighted by Gasteiger charge is -2.32.